The van der Waals surface area contributed by atoms with Gasteiger partial charge in [0.1, 0.15) is 0 Å². The van der Waals surface area contributed by atoms with E-state index in [0.717, 1.165) is 51.6 Å². The summed E-state index contributed by atoms with van der Waals surface area (Å²) in [5.41, 5.74) is 0. The van der Waals surface area contributed by atoms with Crippen LogP contribution in [0.2, 0.25) is 0 Å². The van der Waals surface area contributed by atoms with Crippen LogP contribution in [0.5, 0.6) is 0 Å². The lowest BCUT2D eigenvalue weighted by Crippen LogP contribution is -2.35. The molecule has 102 valence electrons. The molecule has 1 N–H and O–H groups in total. The number of allylic oxidation sites excluding steroid dienone is 1. The Morgan fingerprint density at radius 3 is 2.44 bits per heavy atom. The van der Waals surface area contributed by atoms with E-state index in [4.69, 9.17) is 5.11 Å². The SMILES string of the molecule is O=C(O)/C=C/CCCCCC(=O)N1CCCCC1. The van der Waals surface area contributed by atoms with Gasteiger partial charge in [-0.25, -0.2) is 4.79 Å². The van der Waals surface area contributed by atoms with Crippen LogP contribution in [0.4, 0.5) is 0 Å². The smallest absolute Gasteiger partial charge is 0.327 e. The molecule has 1 fully saturated rings. The quantitative estimate of drug-likeness (QED) is 0.560. The fourth-order valence-electron chi connectivity index (χ4n) is 2.20. The van der Waals surface area contributed by atoms with Gasteiger partial charge in [-0.3, -0.25) is 4.79 Å². The standard InChI is InChI=1S/C14H23NO3/c16-13(15-11-7-4-8-12-15)9-5-2-1-3-6-10-14(17)18/h6,10H,1-5,7-9,11-12H2,(H,17,18)/b10-6+. The molecule has 0 atom stereocenters. The van der Waals surface area contributed by atoms with Crippen molar-refractivity contribution in [1.29, 1.82) is 0 Å². The van der Waals surface area contributed by atoms with E-state index in [9.17, 15) is 9.59 Å². The Morgan fingerprint density at radius 2 is 1.78 bits per heavy atom. The van der Waals surface area contributed by atoms with E-state index in [-0.39, 0.29) is 5.91 Å². The monoisotopic (exact) mass is 253 g/mol. The first-order valence-electron chi connectivity index (χ1n) is 6.87. The second kappa shape index (κ2) is 8.72. The number of carbonyl (C=O) groups is 2. The third-order valence-electron chi connectivity index (χ3n) is 3.23. The van der Waals surface area contributed by atoms with Crippen molar-refractivity contribution in [3.63, 3.8) is 0 Å². The van der Waals surface area contributed by atoms with Gasteiger partial charge in [0, 0.05) is 25.6 Å². The first kappa shape index (κ1) is 14.7. The first-order valence-corrected chi connectivity index (χ1v) is 6.87. The molecule has 18 heavy (non-hydrogen) atoms. The fraction of sp³-hybridized carbons (Fsp3) is 0.714. The average Bonchev–Trinajstić information content (AvgIpc) is 2.38. The molecule has 1 rings (SSSR count). The summed E-state index contributed by atoms with van der Waals surface area (Å²) in [4.78, 5) is 24.0. The highest BCUT2D eigenvalue weighted by molar-refractivity contribution is 5.79. The Kier molecular flexibility index (Phi) is 7.14. The molecule has 0 aliphatic carbocycles. The highest BCUT2D eigenvalue weighted by Crippen LogP contribution is 2.12. The van der Waals surface area contributed by atoms with Gasteiger partial charge < -0.3 is 10.0 Å². The van der Waals surface area contributed by atoms with Crippen molar-refractivity contribution in [2.75, 3.05) is 13.1 Å². The Hall–Kier alpha value is -1.32. The number of unbranched alkanes of at least 4 members (excludes halogenated alkanes) is 3. The van der Waals surface area contributed by atoms with Gasteiger partial charge in [0.2, 0.25) is 5.91 Å². The highest BCUT2D eigenvalue weighted by atomic mass is 16.4. The molecule has 0 aromatic rings. The normalized spacial score (nSPS) is 16.1. The Balaban J connectivity index is 2.00. The largest absolute Gasteiger partial charge is 0.478 e. The Labute approximate surface area is 109 Å². The lowest BCUT2D eigenvalue weighted by Gasteiger charge is -2.26. The molecule has 0 saturated carbocycles. The summed E-state index contributed by atoms with van der Waals surface area (Å²) in [6, 6.07) is 0. The maximum atomic E-state index is 11.8. The molecular weight excluding hydrogens is 230 g/mol. The topological polar surface area (TPSA) is 57.6 Å². The summed E-state index contributed by atoms with van der Waals surface area (Å²) >= 11 is 0. The molecule has 0 radical (unpaired) electrons. The van der Waals surface area contributed by atoms with Gasteiger partial charge in [-0.15, -0.1) is 0 Å². The lowest BCUT2D eigenvalue weighted by molar-refractivity contribution is -0.132. The number of rotatable bonds is 7. The van der Waals surface area contributed by atoms with Gasteiger partial charge in [-0.05, 0) is 38.5 Å². The number of carboxylic acid groups (broad SMARTS) is 1. The van der Waals surface area contributed by atoms with Crippen LogP contribution in [0, 0.1) is 0 Å². The number of nitrogens with zero attached hydrogens (tertiary/aromatic N) is 1. The predicted octanol–water partition coefficient (Wildman–Crippen LogP) is 2.59. The number of carbonyl (C=O) groups excluding carboxylic acids is 1. The minimum atomic E-state index is -0.893. The van der Waals surface area contributed by atoms with Crippen molar-refractivity contribution in [1.82, 2.24) is 4.90 Å². The second-order valence-corrected chi connectivity index (χ2v) is 4.78. The van der Waals surface area contributed by atoms with Crippen LogP contribution in [0.15, 0.2) is 12.2 Å². The maximum absolute atomic E-state index is 11.8. The Bertz CT molecular complexity index is 293. The molecule has 4 heteroatoms. The van der Waals surface area contributed by atoms with E-state index in [1.54, 1.807) is 6.08 Å². The third-order valence-corrected chi connectivity index (χ3v) is 3.23. The van der Waals surface area contributed by atoms with E-state index >= 15 is 0 Å². The molecular formula is C14H23NO3. The number of carboxylic acids is 1. The third kappa shape index (κ3) is 6.42. The molecule has 1 aliphatic rings. The number of piperidine rings is 1. The molecule has 0 aromatic heterocycles. The van der Waals surface area contributed by atoms with Crippen LogP contribution < -0.4 is 0 Å². The van der Waals surface area contributed by atoms with Crippen LogP contribution >= 0.6 is 0 Å². The molecule has 1 aliphatic heterocycles. The van der Waals surface area contributed by atoms with Gasteiger partial charge in [-0.2, -0.15) is 0 Å². The lowest BCUT2D eigenvalue weighted by atomic mass is 10.1. The molecule has 0 bridgehead atoms. The first-order chi connectivity index (χ1) is 8.70. The highest BCUT2D eigenvalue weighted by Gasteiger charge is 2.15. The maximum Gasteiger partial charge on any atom is 0.327 e. The molecule has 0 spiro atoms. The number of hydrogen-bond acceptors (Lipinski definition) is 2. The van der Waals surface area contributed by atoms with Gasteiger partial charge in [0.05, 0.1) is 0 Å². The zero-order valence-electron chi connectivity index (χ0n) is 10.9. The molecule has 1 heterocycles. The minimum Gasteiger partial charge on any atom is -0.478 e. The number of amides is 1. The van der Waals surface area contributed by atoms with Gasteiger partial charge >= 0.3 is 5.97 Å². The summed E-state index contributed by atoms with van der Waals surface area (Å²) in [5.74, 6) is -0.606. The second-order valence-electron chi connectivity index (χ2n) is 4.78. The minimum absolute atomic E-state index is 0.288. The van der Waals surface area contributed by atoms with Crippen LogP contribution in [-0.2, 0) is 9.59 Å². The van der Waals surface area contributed by atoms with Gasteiger partial charge in [0.25, 0.3) is 0 Å². The van der Waals surface area contributed by atoms with Crippen molar-refractivity contribution in [3.8, 4) is 0 Å². The summed E-state index contributed by atoms with van der Waals surface area (Å²) in [6.07, 6.45) is 10.7. The van der Waals surface area contributed by atoms with E-state index < -0.39 is 5.97 Å². The van der Waals surface area contributed by atoms with E-state index in [2.05, 4.69) is 0 Å². The zero-order chi connectivity index (χ0) is 13.2. The van der Waals surface area contributed by atoms with Crippen LogP contribution in [-0.4, -0.2) is 35.0 Å². The van der Waals surface area contributed by atoms with E-state index in [0.29, 0.717) is 6.42 Å². The molecule has 4 nitrogen and oxygen atoms in total. The fourth-order valence-corrected chi connectivity index (χ4v) is 2.20. The number of likely N-dealkylation sites (tertiary alicyclic amines) is 1. The van der Waals surface area contributed by atoms with Crippen molar-refractivity contribution in [3.05, 3.63) is 12.2 Å². The van der Waals surface area contributed by atoms with Crippen molar-refractivity contribution in [2.45, 2.75) is 51.4 Å². The van der Waals surface area contributed by atoms with Crippen LogP contribution in [0.25, 0.3) is 0 Å². The van der Waals surface area contributed by atoms with Crippen LogP contribution in [0.1, 0.15) is 51.4 Å². The van der Waals surface area contributed by atoms with Crippen LogP contribution in [0.3, 0.4) is 0 Å². The summed E-state index contributed by atoms with van der Waals surface area (Å²) in [6.45, 7) is 1.86. The van der Waals surface area contributed by atoms with Crippen molar-refractivity contribution < 1.29 is 14.7 Å². The molecule has 0 aromatic carbocycles. The average molecular weight is 253 g/mol. The number of aliphatic carboxylic acids is 1. The van der Waals surface area contributed by atoms with Crippen molar-refractivity contribution in [2.24, 2.45) is 0 Å². The molecule has 0 unspecified atom stereocenters. The molecule has 1 saturated heterocycles. The summed E-state index contributed by atoms with van der Waals surface area (Å²) in [5, 5.41) is 8.40. The summed E-state index contributed by atoms with van der Waals surface area (Å²) < 4.78 is 0. The molecule has 1 amide bonds. The van der Waals surface area contributed by atoms with Gasteiger partial charge in [0.15, 0.2) is 0 Å². The van der Waals surface area contributed by atoms with Gasteiger partial charge in [-0.1, -0.05) is 12.5 Å². The summed E-state index contributed by atoms with van der Waals surface area (Å²) in [7, 11) is 0. The van der Waals surface area contributed by atoms with E-state index in [1.807, 2.05) is 4.90 Å². The van der Waals surface area contributed by atoms with E-state index in [1.165, 1.54) is 12.5 Å². The van der Waals surface area contributed by atoms with Crippen molar-refractivity contribution >= 4 is 11.9 Å². The predicted molar refractivity (Wildman–Crippen MR) is 70.3 cm³/mol. The number of hydrogen-bond donors (Lipinski definition) is 1. The Morgan fingerprint density at radius 1 is 1.06 bits per heavy atom. The zero-order valence-corrected chi connectivity index (χ0v) is 10.9.